The van der Waals surface area contributed by atoms with E-state index in [0.717, 1.165) is 52.7 Å². The SMILES string of the molecule is Cc1ccc2nc([C@H]3CCCN3Cc3cn4cc(Cl)ccc4n3)[nH]c2c1. The number of halogens is 1. The highest BCUT2D eigenvalue weighted by Gasteiger charge is 2.29. The van der Waals surface area contributed by atoms with E-state index in [-0.39, 0.29) is 0 Å². The van der Waals surface area contributed by atoms with Gasteiger partial charge in [-0.3, -0.25) is 4.90 Å². The molecule has 4 aromatic rings. The fraction of sp³-hybridized carbons (Fsp3) is 0.300. The first-order valence-electron chi connectivity index (χ1n) is 8.99. The molecule has 0 aliphatic carbocycles. The summed E-state index contributed by atoms with van der Waals surface area (Å²) in [5.41, 5.74) is 5.40. The maximum absolute atomic E-state index is 6.08. The van der Waals surface area contributed by atoms with Crippen molar-refractivity contribution in [1.29, 1.82) is 0 Å². The van der Waals surface area contributed by atoms with Crippen molar-refractivity contribution in [3.05, 3.63) is 64.8 Å². The van der Waals surface area contributed by atoms with Gasteiger partial charge in [-0.1, -0.05) is 17.7 Å². The average molecular weight is 366 g/mol. The Bertz CT molecular complexity index is 1100. The van der Waals surface area contributed by atoms with Gasteiger partial charge in [0, 0.05) is 18.9 Å². The van der Waals surface area contributed by atoms with Gasteiger partial charge in [0.2, 0.25) is 0 Å². The predicted molar refractivity (Wildman–Crippen MR) is 103 cm³/mol. The molecule has 5 nitrogen and oxygen atoms in total. The Balaban J connectivity index is 1.43. The molecular weight excluding hydrogens is 346 g/mol. The number of hydrogen-bond acceptors (Lipinski definition) is 3. The third-order valence-corrected chi connectivity index (χ3v) is 5.39. The monoisotopic (exact) mass is 365 g/mol. The van der Waals surface area contributed by atoms with Crippen LogP contribution in [-0.2, 0) is 6.54 Å². The summed E-state index contributed by atoms with van der Waals surface area (Å²) in [5, 5.41) is 0.720. The van der Waals surface area contributed by atoms with Crippen LogP contribution in [0.1, 0.15) is 36.0 Å². The lowest BCUT2D eigenvalue weighted by Gasteiger charge is -2.21. The Labute approximate surface area is 156 Å². The van der Waals surface area contributed by atoms with E-state index in [1.54, 1.807) is 0 Å². The van der Waals surface area contributed by atoms with E-state index in [9.17, 15) is 0 Å². The minimum absolute atomic E-state index is 0.316. The first-order chi connectivity index (χ1) is 12.7. The number of pyridine rings is 1. The number of nitrogens with zero attached hydrogens (tertiary/aromatic N) is 4. The number of aryl methyl sites for hydroxylation is 1. The Morgan fingerprint density at radius 3 is 3.04 bits per heavy atom. The zero-order chi connectivity index (χ0) is 17.7. The van der Waals surface area contributed by atoms with E-state index in [1.165, 1.54) is 12.0 Å². The van der Waals surface area contributed by atoms with Crippen LogP contribution in [0.3, 0.4) is 0 Å². The van der Waals surface area contributed by atoms with Crippen LogP contribution in [0.2, 0.25) is 5.02 Å². The van der Waals surface area contributed by atoms with Crippen LogP contribution in [0.4, 0.5) is 0 Å². The summed E-state index contributed by atoms with van der Waals surface area (Å²) in [5.74, 6) is 1.06. The van der Waals surface area contributed by atoms with Gasteiger partial charge in [-0.25, -0.2) is 9.97 Å². The fourth-order valence-electron chi connectivity index (χ4n) is 3.93. The van der Waals surface area contributed by atoms with Gasteiger partial charge < -0.3 is 9.38 Å². The van der Waals surface area contributed by atoms with Crippen LogP contribution in [0.25, 0.3) is 16.7 Å². The largest absolute Gasteiger partial charge is 0.341 e. The smallest absolute Gasteiger partial charge is 0.137 e. The molecule has 1 atom stereocenters. The molecule has 1 aliphatic heterocycles. The standard InChI is InChI=1S/C20H20ClN5/c1-13-4-6-16-17(9-13)24-20(23-16)18-3-2-8-25(18)11-15-12-26-10-14(21)5-7-19(26)22-15/h4-7,9-10,12,18H,2-3,8,11H2,1H3,(H,23,24)/t18-/m1/s1. The topological polar surface area (TPSA) is 49.2 Å². The number of H-pyrrole nitrogens is 1. The summed E-state index contributed by atoms with van der Waals surface area (Å²) >= 11 is 6.08. The molecule has 1 fully saturated rings. The van der Waals surface area contributed by atoms with Gasteiger partial charge in [-0.2, -0.15) is 0 Å². The Kier molecular flexibility index (Phi) is 3.72. The first kappa shape index (κ1) is 15.9. The quantitative estimate of drug-likeness (QED) is 0.581. The van der Waals surface area contributed by atoms with Crippen molar-refractivity contribution in [2.24, 2.45) is 0 Å². The first-order valence-corrected chi connectivity index (χ1v) is 9.37. The van der Waals surface area contributed by atoms with Gasteiger partial charge in [0.15, 0.2) is 0 Å². The maximum Gasteiger partial charge on any atom is 0.137 e. The summed E-state index contributed by atoms with van der Waals surface area (Å²) in [6, 6.07) is 10.5. The molecule has 5 rings (SSSR count). The van der Waals surface area contributed by atoms with Gasteiger partial charge in [-0.05, 0) is 56.1 Å². The zero-order valence-electron chi connectivity index (χ0n) is 14.6. The third kappa shape index (κ3) is 2.77. The minimum atomic E-state index is 0.316. The number of aromatic nitrogens is 4. The Morgan fingerprint density at radius 2 is 2.12 bits per heavy atom. The van der Waals surface area contributed by atoms with E-state index in [1.807, 2.05) is 22.7 Å². The van der Waals surface area contributed by atoms with E-state index in [0.29, 0.717) is 6.04 Å². The number of imidazole rings is 2. The van der Waals surface area contributed by atoms with Crippen LogP contribution in [0, 0.1) is 6.92 Å². The normalized spacial score (nSPS) is 18.3. The highest BCUT2D eigenvalue weighted by atomic mass is 35.5. The van der Waals surface area contributed by atoms with Crippen molar-refractivity contribution in [1.82, 2.24) is 24.3 Å². The number of fused-ring (bicyclic) bond motifs is 2. The lowest BCUT2D eigenvalue weighted by atomic mass is 10.2. The second-order valence-corrected chi connectivity index (χ2v) is 7.55. The predicted octanol–water partition coefficient (Wildman–Crippen LogP) is 4.51. The molecule has 132 valence electrons. The lowest BCUT2D eigenvalue weighted by Crippen LogP contribution is -2.23. The van der Waals surface area contributed by atoms with Crippen LogP contribution in [-0.4, -0.2) is 30.8 Å². The molecule has 0 unspecified atom stereocenters. The summed E-state index contributed by atoms with van der Waals surface area (Å²) in [4.78, 5) is 15.6. The molecule has 0 amide bonds. The van der Waals surface area contributed by atoms with Crippen molar-refractivity contribution < 1.29 is 0 Å². The van der Waals surface area contributed by atoms with Gasteiger partial charge >= 0.3 is 0 Å². The fourth-order valence-corrected chi connectivity index (χ4v) is 4.10. The number of rotatable bonds is 3. The third-order valence-electron chi connectivity index (χ3n) is 5.16. The van der Waals surface area contributed by atoms with Gasteiger partial charge in [0.25, 0.3) is 0 Å². The molecule has 0 radical (unpaired) electrons. The second kappa shape index (κ2) is 6.11. The molecule has 1 saturated heterocycles. The number of hydrogen-bond donors (Lipinski definition) is 1. The number of benzene rings is 1. The summed E-state index contributed by atoms with van der Waals surface area (Å²) in [7, 11) is 0. The van der Waals surface area contributed by atoms with Gasteiger partial charge in [0.05, 0.1) is 27.8 Å². The van der Waals surface area contributed by atoms with E-state index in [2.05, 4.69) is 41.2 Å². The van der Waals surface area contributed by atoms with Crippen molar-refractivity contribution in [3.63, 3.8) is 0 Å². The molecule has 0 spiro atoms. The molecule has 26 heavy (non-hydrogen) atoms. The van der Waals surface area contributed by atoms with Crippen molar-refractivity contribution in [3.8, 4) is 0 Å². The van der Waals surface area contributed by atoms with Crippen molar-refractivity contribution >= 4 is 28.3 Å². The molecule has 0 saturated carbocycles. The Hall–Kier alpha value is -2.37. The Morgan fingerprint density at radius 1 is 1.19 bits per heavy atom. The maximum atomic E-state index is 6.08. The zero-order valence-corrected chi connectivity index (χ0v) is 15.4. The molecule has 1 aromatic carbocycles. The molecule has 0 bridgehead atoms. The number of nitrogens with one attached hydrogen (secondary N) is 1. The van der Waals surface area contributed by atoms with E-state index >= 15 is 0 Å². The molecule has 3 aromatic heterocycles. The molecule has 4 heterocycles. The number of aromatic amines is 1. The van der Waals surface area contributed by atoms with Crippen LogP contribution < -0.4 is 0 Å². The summed E-state index contributed by atoms with van der Waals surface area (Å²) in [6.07, 6.45) is 6.27. The summed E-state index contributed by atoms with van der Waals surface area (Å²) in [6.45, 7) is 3.99. The molecule has 6 heteroatoms. The molecular formula is C20H20ClN5. The minimum Gasteiger partial charge on any atom is -0.341 e. The van der Waals surface area contributed by atoms with Crippen LogP contribution >= 0.6 is 11.6 Å². The highest BCUT2D eigenvalue weighted by molar-refractivity contribution is 6.30. The van der Waals surface area contributed by atoms with E-state index < -0.39 is 0 Å². The van der Waals surface area contributed by atoms with Crippen LogP contribution in [0.5, 0.6) is 0 Å². The van der Waals surface area contributed by atoms with Gasteiger partial charge in [0.1, 0.15) is 11.5 Å². The van der Waals surface area contributed by atoms with E-state index in [4.69, 9.17) is 21.6 Å². The average Bonchev–Trinajstić information content (AvgIpc) is 3.31. The van der Waals surface area contributed by atoms with Crippen molar-refractivity contribution in [2.45, 2.75) is 32.4 Å². The summed E-state index contributed by atoms with van der Waals surface area (Å²) < 4.78 is 1.99. The molecule has 1 aliphatic rings. The number of likely N-dealkylation sites (tertiary alicyclic amines) is 1. The second-order valence-electron chi connectivity index (χ2n) is 7.12. The van der Waals surface area contributed by atoms with Crippen LogP contribution in [0.15, 0.2) is 42.7 Å². The van der Waals surface area contributed by atoms with Crippen molar-refractivity contribution in [2.75, 3.05) is 6.54 Å². The molecule has 1 N–H and O–H groups in total. The van der Waals surface area contributed by atoms with Gasteiger partial charge in [-0.15, -0.1) is 0 Å². The highest BCUT2D eigenvalue weighted by Crippen LogP contribution is 2.32. The lowest BCUT2D eigenvalue weighted by molar-refractivity contribution is 0.239.